The van der Waals surface area contributed by atoms with E-state index in [4.69, 9.17) is 37.9 Å². The lowest BCUT2D eigenvalue weighted by Gasteiger charge is -2.43. The molecule has 0 radical (unpaired) electrons. The maximum Gasteiger partial charge on any atom is 0.330 e. The minimum absolute atomic E-state index is 0.0757. The summed E-state index contributed by atoms with van der Waals surface area (Å²) < 4.78 is 45.7. The number of hydrogen-bond donors (Lipinski definition) is 0. The standard InChI is InChI=1S/C45H62O13Si/c1-28(14-13-15-29(2)26-40(50)51-24-25-59(10,11)12)16-21-37-30(3)38(22-23-45(37,8)9)56-35-17-19-36(20-18-35)57-44-43(55-34(7)49)42(54-33(6)48)41(53-32(5)47)39(58-44)27-52-31(4)46/h13-21,26,38-39,41-44H,22-25,27H2,1-12H3/t38?,39-,41-,42+,43-,44-/m1/s1. The number of ether oxygens (including phenoxy) is 8. The summed E-state index contributed by atoms with van der Waals surface area (Å²) in [6.07, 6.45) is 6.58. The fourth-order valence-corrected chi connectivity index (χ4v) is 7.30. The fraction of sp³-hybridized carbons (Fsp3) is 0.533. The minimum atomic E-state index is -1.36. The number of rotatable bonds is 17. The Kier molecular flexibility index (Phi) is 18.0. The maximum atomic E-state index is 12.2. The Morgan fingerprint density at radius 1 is 0.763 bits per heavy atom. The summed E-state index contributed by atoms with van der Waals surface area (Å²) in [4.78, 5) is 60.3. The van der Waals surface area contributed by atoms with Gasteiger partial charge in [0.1, 0.15) is 30.3 Å². The van der Waals surface area contributed by atoms with Gasteiger partial charge in [-0.3, -0.25) is 19.2 Å². The average molecular weight is 839 g/mol. The largest absolute Gasteiger partial charge is 0.486 e. The minimum Gasteiger partial charge on any atom is -0.486 e. The van der Waals surface area contributed by atoms with Crippen molar-refractivity contribution in [3.63, 3.8) is 0 Å². The molecule has 1 aliphatic carbocycles. The lowest BCUT2D eigenvalue weighted by molar-refractivity contribution is -0.288. The zero-order valence-electron chi connectivity index (χ0n) is 36.6. The molecule has 0 saturated carbocycles. The third-order valence-corrected chi connectivity index (χ3v) is 11.3. The molecule has 0 amide bonds. The summed E-state index contributed by atoms with van der Waals surface area (Å²) in [6, 6.07) is 7.74. The van der Waals surface area contributed by atoms with Crippen molar-refractivity contribution in [3.05, 3.63) is 83.0 Å². The Bertz CT molecular complexity index is 1810. The van der Waals surface area contributed by atoms with Gasteiger partial charge in [-0.2, -0.15) is 0 Å². The summed E-state index contributed by atoms with van der Waals surface area (Å²) in [6.45, 7) is 21.9. The first-order chi connectivity index (χ1) is 27.5. The summed E-state index contributed by atoms with van der Waals surface area (Å²) >= 11 is 0. The number of hydrogen-bond acceptors (Lipinski definition) is 13. The van der Waals surface area contributed by atoms with Crippen molar-refractivity contribution >= 4 is 37.9 Å². The second kappa shape index (κ2) is 21.9. The van der Waals surface area contributed by atoms with Crippen molar-refractivity contribution in [2.75, 3.05) is 13.2 Å². The van der Waals surface area contributed by atoms with Crippen LogP contribution in [0.3, 0.4) is 0 Å². The molecular formula is C45H62O13Si. The van der Waals surface area contributed by atoms with Crippen LogP contribution < -0.4 is 9.47 Å². The molecule has 1 aromatic rings. The van der Waals surface area contributed by atoms with Gasteiger partial charge in [-0.05, 0) is 86.1 Å². The van der Waals surface area contributed by atoms with Crippen LogP contribution in [-0.4, -0.2) is 87.9 Å². The Labute approximate surface area is 349 Å². The van der Waals surface area contributed by atoms with Crippen LogP contribution in [0.2, 0.25) is 25.7 Å². The van der Waals surface area contributed by atoms with Crippen LogP contribution in [0.1, 0.15) is 75.2 Å². The quantitative estimate of drug-likeness (QED) is 0.0490. The second-order valence-electron chi connectivity index (χ2n) is 16.8. The van der Waals surface area contributed by atoms with Crippen LogP contribution >= 0.6 is 0 Å². The molecule has 1 heterocycles. The zero-order chi connectivity index (χ0) is 44.1. The van der Waals surface area contributed by atoms with E-state index < -0.39 is 62.7 Å². The van der Waals surface area contributed by atoms with E-state index in [1.165, 1.54) is 25.5 Å². The highest BCUT2D eigenvalue weighted by atomic mass is 28.3. The van der Waals surface area contributed by atoms with Gasteiger partial charge in [-0.1, -0.05) is 69.4 Å². The Morgan fingerprint density at radius 2 is 1.34 bits per heavy atom. The molecular weight excluding hydrogens is 777 g/mol. The Morgan fingerprint density at radius 3 is 1.92 bits per heavy atom. The maximum absolute atomic E-state index is 12.2. The highest BCUT2D eigenvalue weighted by Crippen LogP contribution is 2.42. The average Bonchev–Trinajstić information content (AvgIpc) is 3.10. The number of benzene rings is 1. The molecule has 1 saturated heterocycles. The predicted molar refractivity (Wildman–Crippen MR) is 224 cm³/mol. The van der Waals surface area contributed by atoms with Crippen LogP contribution in [-0.2, 0) is 52.4 Å². The lowest BCUT2D eigenvalue weighted by Crippen LogP contribution is -2.63. The van der Waals surface area contributed by atoms with Crippen molar-refractivity contribution in [1.82, 2.24) is 0 Å². The van der Waals surface area contributed by atoms with E-state index in [1.54, 1.807) is 24.3 Å². The van der Waals surface area contributed by atoms with Gasteiger partial charge in [0, 0.05) is 41.8 Å². The molecule has 1 fully saturated rings. The highest BCUT2D eigenvalue weighted by molar-refractivity contribution is 6.76. The van der Waals surface area contributed by atoms with E-state index in [1.807, 2.05) is 32.1 Å². The van der Waals surface area contributed by atoms with Gasteiger partial charge in [-0.25, -0.2) is 4.79 Å². The van der Waals surface area contributed by atoms with E-state index in [9.17, 15) is 24.0 Å². The summed E-state index contributed by atoms with van der Waals surface area (Å²) in [5, 5.41) is 0. The molecule has 6 atom stereocenters. The molecule has 1 unspecified atom stereocenters. The lowest BCUT2D eigenvalue weighted by atomic mass is 9.71. The number of esters is 5. The number of carbonyl (C=O) groups is 5. The first-order valence-corrected chi connectivity index (χ1v) is 23.6. The van der Waals surface area contributed by atoms with E-state index in [-0.39, 0.29) is 24.1 Å². The Hall–Kier alpha value is -4.95. The predicted octanol–water partition coefficient (Wildman–Crippen LogP) is 7.92. The topological polar surface area (TPSA) is 159 Å². The molecule has 1 aliphatic heterocycles. The highest BCUT2D eigenvalue weighted by Gasteiger charge is 2.53. The van der Waals surface area contributed by atoms with Crippen molar-refractivity contribution in [1.29, 1.82) is 0 Å². The van der Waals surface area contributed by atoms with Crippen LogP contribution in [0.4, 0.5) is 0 Å². The SMILES string of the molecule is CC(=O)OC[C@H]1O[C@@H](Oc2ccc(OC3CCC(C)(C)C(C=CC(C)=CC=CC(C)=CC(=O)OCC[Si](C)(C)C)=C3C)cc2)[C@H](OC(C)=O)[C@@H](OC(C)=O)[C@@H]1OC(C)=O. The van der Waals surface area contributed by atoms with E-state index >= 15 is 0 Å². The van der Waals surface area contributed by atoms with Gasteiger partial charge >= 0.3 is 29.8 Å². The molecule has 59 heavy (non-hydrogen) atoms. The van der Waals surface area contributed by atoms with Gasteiger partial charge in [0.2, 0.25) is 12.4 Å². The fourth-order valence-electron chi connectivity index (χ4n) is 6.59. The van der Waals surface area contributed by atoms with Gasteiger partial charge in [-0.15, -0.1) is 0 Å². The van der Waals surface area contributed by atoms with E-state index in [2.05, 4.69) is 52.6 Å². The first kappa shape index (κ1) is 48.4. The molecule has 0 aromatic heterocycles. The first-order valence-electron chi connectivity index (χ1n) is 19.9. The Balaban J connectivity index is 1.76. The third-order valence-electron chi connectivity index (χ3n) is 9.64. The summed E-state index contributed by atoms with van der Waals surface area (Å²) in [5.74, 6) is -2.23. The van der Waals surface area contributed by atoms with Crippen molar-refractivity contribution in [2.24, 2.45) is 5.41 Å². The van der Waals surface area contributed by atoms with Crippen molar-refractivity contribution in [3.8, 4) is 11.5 Å². The molecule has 3 rings (SSSR count). The monoisotopic (exact) mass is 838 g/mol. The van der Waals surface area contributed by atoms with Crippen LogP contribution in [0, 0.1) is 5.41 Å². The van der Waals surface area contributed by atoms with Gasteiger partial charge in [0.25, 0.3) is 0 Å². The smallest absolute Gasteiger partial charge is 0.330 e. The molecule has 324 valence electrons. The molecule has 0 N–H and O–H groups in total. The number of carbonyl (C=O) groups excluding carboxylic acids is 5. The molecule has 1 aromatic carbocycles. The van der Waals surface area contributed by atoms with Gasteiger partial charge in [0.15, 0.2) is 12.2 Å². The molecule has 14 heteroatoms. The van der Waals surface area contributed by atoms with Crippen molar-refractivity contribution < 1.29 is 61.9 Å². The molecule has 2 aliphatic rings. The zero-order valence-corrected chi connectivity index (χ0v) is 37.6. The van der Waals surface area contributed by atoms with Crippen LogP contribution in [0.25, 0.3) is 0 Å². The summed E-state index contributed by atoms with van der Waals surface area (Å²) in [7, 11) is -1.27. The molecule has 0 spiro atoms. The second-order valence-corrected chi connectivity index (χ2v) is 22.4. The van der Waals surface area contributed by atoms with Crippen molar-refractivity contribution in [2.45, 2.75) is 138 Å². The van der Waals surface area contributed by atoms with E-state index in [0.29, 0.717) is 18.1 Å². The normalized spacial score (nSPS) is 23.7. The van der Waals surface area contributed by atoms with E-state index in [0.717, 1.165) is 49.5 Å². The molecule has 13 nitrogen and oxygen atoms in total. The molecule has 0 bridgehead atoms. The third kappa shape index (κ3) is 16.3. The summed E-state index contributed by atoms with van der Waals surface area (Å²) in [5.41, 5.74) is 4.07. The number of allylic oxidation sites excluding steroid dienone is 8. The van der Waals surface area contributed by atoms with Crippen LogP contribution in [0.5, 0.6) is 11.5 Å². The van der Waals surface area contributed by atoms with Gasteiger partial charge < -0.3 is 37.9 Å². The van der Waals surface area contributed by atoms with Crippen LogP contribution in [0.15, 0.2) is 83.0 Å². The van der Waals surface area contributed by atoms with Gasteiger partial charge in [0.05, 0.1) is 6.61 Å².